The second-order valence-corrected chi connectivity index (χ2v) is 8.56. The first-order valence-electron chi connectivity index (χ1n) is 13.5. The van der Waals surface area contributed by atoms with Gasteiger partial charge in [0, 0.05) is 32.5 Å². The number of hydrogen-bond acceptors (Lipinski definition) is 10. The van der Waals surface area contributed by atoms with E-state index in [1.807, 2.05) is 6.92 Å². The molecule has 0 radical (unpaired) electrons. The molecule has 0 fully saturated rings. The average molecular weight is 579 g/mol. The first-order chi connectivity index (χ1) is 19.3. The molecule has 15 heteroatoms. The molecule has 0 aliphatic heterocycles. The summed E-state index contributed by atoms with van der Waals surface area (Å²) in [7, 11) is 0. The van der Waals surface area contributed by atoms with Gasteiger partial charge in [-0.25, -0.2) is 4.79 Å². The van der Waals surface area contributed by atoms with Crippen LogP contribution >= 0.6 is 0 Å². The fourth-order valence-electron chi connectivity index (χ4n) is 3.02. The van der Waals surface area contributed by atoms with Gasteiger partial charge in [-0.2, -0.15) is 0 Å². The second-order valence-electron chi connectivity index (χ2n) is 8.56. The van der Waals surface area contributed by atoms with Crippen LogP contribution < -0.4 is 21.3 Å². The Bertz CT molecular complexity index is 725. The largest absolute Gasteiger partial charge is 0.480 e. The molecule has 0 bridgehead atoms. The second kappa shape index (κ2) is 26.4. The molecule has 6 N–H and O–H groups in total. The van der Waals surface area contributed by atoms with Crippen molar-refractivity contribution in [3.8, 4) is 0 Å². The molecule has 40 heavy (non-hydrogen) atoms. The van der Waals surface area contributed by atoms with Gasteiger partial charge in [0.15, 0.2) is 0 Å². The van der Waals surface area contributed by atoms with Crippen LogP contribution in [0.4, 0.5) is 0 Å². The highest BCUT2D eigenvalue weighted by Gasteiger charge is 2.20. The molecular formula is C25H46N4O11. The SMILES string of the molecule is CCCCCC(=O)NC(CCC(=O)NCCOCCOCC(=O)NCCOCCOCC(=O)NCCO)C(=O)O. The quantitative estimate of drug-likeness (QED) is 0.0606. The lowest BCUT2D eigenvalue weighted by atomic mass is 10.1. The number of aliphatic carboxylic acids is 1. The summed E-state index contributed by atoms with van der Waals surface area (Å²) < 4.78 is 20.9. The van der Waals surface area contributed by atoms with Crippen molar-refractivity contribution in [3.05, 3.63) is 0 Å². The zero-order valence-corrected chi connectivity index (χ0v) is 23.4. The summed E-state index contributed by atoms with van der Waals surface area (Å²) in [6.07, 6.45) is 2.75. The predicted octanol–water partition coefficient (Wildman–Crippen LogP) is -1.68. The van der Waals surface area contributed by atoms with Crippen LogP contribution in [0.2, 0.25) is 0 Å². The molecule has 0 spiro atoms. The van der Waals surface area contributed by atoms with Crippen molar-refractivity contribution in [1.29, 1.82) is 0 Å². The van der Waals surface area contributed by atoms with Crippen LogP contribution in [-0.4, -0.2) is 125 Å². The van der Waals surface area contributed by atoms with Gasteiger partial charge in [0.2, 0.25) is 23.6 Å². The number of nitrogens with one attached hydrogen (secondary N) is 4. The number of amides is 4. The summed E-state index contributed by atoms with van der Waals surface area (Å²) in [5.41, 5.74) is 0. The molecule has 4 amide bonds. The van der Waals surface area contributed by atoms with Crippen molar-refractivity contribution in [3.63, 3.8) is 0 Å². The third kappa shape index (κ3) is 24.2. The van der Waals surface area contributed by atoms with E-state index in [0.717, 1.165) is 12.8 Å². The summed E-state index contributed by atoms with van der Waals surface area (Å²) in [5, 5.41) is 28.0. The lowest BCUT2D eigenvalue weighted by Gasteiger charge is -2.14. The van der Waals surface area contributed by atoms with E-state index in [9.17, 15) is 29.1 Å². The Kier molecular flexibility index (Phi) is 24.5. The average Bonchev–Trinajstić information content (AvgIpc) is 2.92. The van der Waals surface area contributed by atoms with Gasteiger partial charge < -0.3 is 50.4 Å². The molecule has 0 aliphatic carbocycles. The van der Waals surface area contributed by atoms with Crippen molar-refractivity contribution in [2.45, 2.75) is 51.5 Å². The van der Waals surface area contributed by atoms with Gasteiger partial charge in [0.1, 0.15) is 19.3 Å². The number of rotatable bonds is 27. The van der Waals surface area contributed by atoms with Gasteiger partial charge >= 0.3 is 5.97 Å². The number of aliphatic hydroxyl groups is 1. The summed E-state index contributed by atoms with van der Waals surface area (Å²) in [6.45, 7) is 3.66. The predicted molar refractivity (Wildman–Crippen MR) is 142 cm³/mol. The Morgan fingerprint density at radius 2 is 1.18 bits per heavy atom. The number of ether oxygens (including phenoxy) is 4. The summed E-state index contributed by atoms with van der Waals surface area (Å²) in [6, 6.07) is -1.11. The lowest BCUT2D eigenvalue weighted by Crippen LogP contribution is -2.41. The van der Waals surface area contributed by atoms with Gasteiger partial charge in [-0.05, 0) is 12.8 Å². The molecular weight excluding hydrogens is 532 g/mol. The minimum absolute atomic E-state index is 0.00912. The van der Waals surface area contributed by atoms with Gasteiger partial charge in [-0.1, -0.05) is 19.8 Å². The van der Waals surface area contributed by atoms with Crippen LogP contribution in [-0.2, 0) is 42.9 Å². The van der Waals surface area contributed by atoms with Crippen LogP contribution in [0.1, 0.15) is 45.4 Å². The number of aliphatic hydroxyl groups excluding tert-OH is 1. The van der Waals surface area contributed by atoms with E-state index in [4.69, 9.17) is 24.1 Å². The fourth-order valence-corrected chi connectivity index (χ4v) is 3.02. The first-order valence-corrected chi connectivity index (χ1v) is 13.5. The maximum Gasteiger partial charge on any atom is 0.326 e. The van der Waals surface area contributed by atoms with Crippen molar-refractivity contribution >= 4 is 29.6 Å². The lowest BCUT2D eigenvalue weighted by molar-refractivity contribution is -0.142. The number of carbonyl (C=O) groups excluding carboxylic acids is 4. The molecule has 1 atom stereocenters. The standard InChI is InChI=1S/C25H46N4O11/c1-2-3-4-5-22(32)29-20(25(35)36)6-7-21(31)27-9-12-37-14-17-40-19-24(34)28-10-13-38-15-16-39-18-23(33)26-8-11-30/h20,30H,2-19H2,1H3,(H,26,33)(H,27,31)(H,28,34)(H,29,32)(H,35,36). The monoisotopic (exact) mass is 578 g/mol. The van der Waals surface area contributed by atoms with E-state index in [0.29, 0.717) is 6.42 Å². The maximum absolute atomic E-state index is 11.9. The van der Waals surface area contributed by atoms with Gasteiger partial charge in [-0.3, -0.25) is 19.2 Å². The van der Waals surface area contributed by atoms with Crippen molar-refractivity contribution in [1.82, 2.24) is 21.3 Å². The minimum atomic E-state index is -1.18. The normalized spacial score (nSPS) is 11.4. The molecule has 0 saturated heterocycles. The van der Waals surface area contributed by atoms with E-state index >= 15 is 0 Å². The van der Waals surface area contributed by atoms with E-state index in [1.165, 1.54) is 0 Å². The summed E-state index contributed by atoms with van der Waals surface area (Å²) in [5.74, 6) is -2.49. The molecule has 0 aromatic carbocycles. The zero-order valence-electron chi connectivity index (χ0n) is 23.4. The molecule has 0 aromatic heterocycles. The fraction of sp³-hybridized carbons (Fsp3) is 0.800. The van der Waals surface area contributed by atoms with E-state index in [2.05, 4.69) is 21.3 Å². The molecule has 1 unspecified atom stereocenters. The van der Waals surface area contributed by atoms with Gasteiger partial charge in [0.25, 0.3) is 0 Å². The number of hydrogen-bond donors (Lipinski definition) is 6. The molecule has 0 rings (SSSR count). The van der Waals surface area contributed by atoms with Crippen LogP contribution in [0, 0.1) is 0 Å². The van der Waals surface area contributed by atoms with Gasteiger partial charge in [-0.15, -0.1) is 0 Å². The number of unbranched alkanes of at least 4 members (excludes halogenated alkanes) is 2. The summed E-state index contributed by atoms with van der Waals surface area (Å²) >= 11 is 0. The van der Waals surface area contributed by atoms with Crippen LogP contribution in [0.3, 0.4) is 0 Å². The van der Waals surface area contributed by atoms with Crippen molar-refractivity contribution in [2.75, 3.05) is 79.1 Å². The number of carbonyl (C=O) groups is 5. The third-order valence-corrected chi connectivity index (χ3v) is 5.08. The van der Waals surface area contributed by atoms with E-state index < -0.39 is 12.0 Å². The molecule has 0 heterocycles. The van der Waals surface area contributed by atoms with Crippen molar-refractivity contribution in [2.24, 2.45) is 0 Å². The van der Waals surface area contributed by atoms with Crippen molar-refractivity contribution < 1.29 is 53.1 Å². The Morgan fingerprint density at radius 3 is 1.70 bits per heavy atom. The molecule has 0 aromatic rings. The van der Waals surface area contributed by atoms with Crippen LogP contribution in [0.25, 0.3) is 0 Å². The smallest absolute Gasteiger partial charge is 0.326 e. The molecule has 15 nitrogen and oxygen atoms in total. The zero-order chi connectivity index (χ0) is 29.8. The maximum atomic E-state index is 11.9. The molecule has 0 saturated carbocycles. The Labute approximate surface area is 235 Å². The van der Waals surface area contributed by atoms with Gasteiger partial charge in [0.05, 0.1) is 46.2 Å². The highest BCUT2D eigenvalue weighted by atomic mass is 16.5. The van der Waals surface area contributed by atoms with Crippen LogP contribution in [0.5, 0.6) is 0 Å². The Morgan fingerprint density at radius 1 is 0.650 bits per heavy atom. The van der Waals surface area contributed by atoms with E-state index in [-0.39, 0.29) is 122 Å². The molecule has 0 aliphatic rings. The van der Waals surface area contributed by atoms with Crippen LogP contribution in [0.15, 0.2) is 0 Å². The first kappa shape index (κ1) is 37.1. The van der Waals surface area contributed by atoms with E-state index in [1.54, 1.807) is 0 Å². The Hall–Kier alpha value is -2.85. The highest BCUT2D eigenvalue weighted by molar-refractivity contribution is 5.84. The minimum Gasteiger partial charge on any atom is -0.480 e. The summed E-state index contributed by atoms with van der Waals surface area (Å²) in [4.78, 5) is 58.0. The topological polar surface area (TPSA) is 211 Å². The Balaban J connectivity index is 3.62. The third-order valence-electron chi connectivity index (χ3n) is 5.08. The molecule has 232 valence electrons. The highest BCUT2D eigenvalue weighted by Crippen LogP contribution is 2.02. The number of carboxylic acids is 1. The number of carboxylic acid groups (broad SMARTS) is 1.